The highest BCUT2D eigenvalue weighted by molar-refractivity contribution is 5.96. The van der Waals surface area contributed by atoms with E-state index in [1.807, 2.05) is 42.5 Å². The van der Waals surface area contributed by atoms with E-state index in [1.165, 1.54) is 0 Å². The summed E-state index contributed by atoms with van der Waals surface area (Å²) in [6, 6.07) is 15.3. The standard InChI is InChI=1S/C23H19N7O2/c1-32-17-6-3-15(4-7-17)26-22-20-14(11-24)12-25-21(20)29-23(30-22)27-16-5-8-18-13(10-16)2-9-19(31)28-18/h3-8,10,12H,2,9H2,1H3,(H,28,31)(H3,25,26,27,29,30). The molecule has 3 heterocycles. The van der Waals surface area contributed by atoms with E-state index in [1.54, 1.807) is 13.3 Å². The van der Waals surface area contributed by atoms with Gasteiger partial charge in [0, 0.05) is 29.7 Å². The van der Waals surface area contributed by atoms with E-state index in [9.17, 15) is 10.1 Å². The van der Waals surface area contributed by atoms with Crippen LogP contribution in [0.15, 0.2) is 48.7 Å². The molecule has 4 aromatic rings. The smallest absolute Gasteiger partial charge is 0.231 e. The lowest BCUT2D eigenvalue weighted by Crippen LogP contribution is -2.18. The average molecular weight is 425 g/mol. The fourth-order valence-corrected chi connectivity index (χ4v) is 3.67. The van der Waals surface area contributed by atoms with Crippen LogP contribution in [0.4, 0.5) is 28.8 Å². The van der Waals surface area contributed by atoms with Crippen molar-refractivity contribution in [3.05, 3.63) is 59.8 Å². The molecular weight excluding hydrogens is 406 g/mol. The summed E-state index contributed by atoms with van der Waals surface area (Å²) in [5.41, 5.74) is 4.48. The summed E-state index contributed by atoms with van der Waals surface area (Å²) in [4.78, 5) is 23.8. The molecule has 2 aromatic heterocycles. The highest BCUT2D eigenvalue weighted by Crippen LogP contribution is 2.31. The molecule has 158 valence electrons. The summed E-state index contributed by atoms with van der Waals surface area (Å²) in [6.45, 7) is 0. The highest BCUT2D eigenvalue weighted by Gasteiger charge is 2.17. The average Bonchev–Trinajstić information content (AvgIpc) is 3.23. The first-order chi connectivity index (χ1) is 15.6. The van der Waals surface area contributed by atoms with E-state index in [0.717, 1.165) is 28.4 Å². The zero-order valence-electron chi connectivity index (χ0n) is 17.2. The molecule has 1 amide bonds. The summed E-state index contributed by atoms with van der Waals surface area (Å²) < 4.78 is 5.21. The Bertz CT molecular complexity index is 1370. The van der Waals surface area contributed by atoms with Crippen LogP contribution in [0.25, 0.3) is 11.0 Å². The number of nitrogens with one attached hydrogen (secondary N) is 4. The van der Waals surface area contributed by atoms with Crippen LogP contribution in [0.1, 0.15) is 17.5 Å². The Labute approximate surface area is 183 Å². The number of aromatic amines is 1. The second kappa shape index (κ2) is 7.92. The third kappa shape index (κ3) is 3.65. The maximum Gasteiger partial charge on any atom is 0.231 e. The summed E-state index contributed by atoms with van der Waals surface area (Å²) >= 11 is 0. The number of amides is 1. The molecule has 0 fully saturated rings. The fourth-order valence-electron chi connectivity index (χ4n) is 3.67. The summed E-state index contributed by atoms with van der Waals surface area (Å²) in [7, 11) is 1.61. The van der Waals surface area contributed by atoms with Crippen LogP contribution in [-0.2, 0) is 11.2 Å². The summed E-state index contributed by atoms with van der Waals surface area (Å²) in [5, 5.41) is 19.5. The van der Waals surface area contributed by atoms with Crippen LogP contribution in [0.2, 0.25) is 0 Å². The second-order valence-corrected chi connectivity index (χ2v) is 7.33. The first-order valence-electron chi connectivity index (χ1n) is 10.0. The molecule has 5 rings (SSSR count). The van der Waals surface area contributed by atoms with Gasteiger partial charge in [-0.15, -0.1) is 0 Å². The fraction of sp³-hybridized carbons (Fsp3) is 0.130. The van der Waals surface area contributed by atoms with Crippen molar-refractivity contribution < 1.29 is 9.53 Å². The Morgan fingerprint density at radius 3 is 2.66 bits per heavy atom. The van der Waals surface area contributed by atoms with Crippen molar-refractivity contribution in [3.63, 3.8) is 0 Å². The molecule has 0 atom stereocenters. The number of anilines is 5. The third-order valence-electron chi connectivity index (χ3n) is 5.26. The molecule has 4 N–H and O–H groups in total. The first-order valence-corrected chi connectivity index (χ1v) is 10.0. The number of nitriles is 1. The number of aromatic nitrogens is 3. The minimum Gasteiger partial charge on any atom is -0.497 e. The minimum absolute atomic E-state index is 0.0290. The molecule has 0 bridgehead atoms. The van der Waals surface area contributed by atoms with E-state index >= 15 is 0 Å². The van der Waals surface area contributed by atoms with Gasteiger partial charge in [-0.25, -0.2) is 0 Å². The Hall–Kier alpha value is -4.58. The van der Waals surface area contributed by atoms with Crippen LogP contribution in [0.5, 0.6) is 5.75 Å². The minimum atomic E-state index is 0.0290. The number of aryl methyl sites for hydroxylation is 1. The first kappa shape index (κ1) is 19.4. The molecule has 1 aliphatic rings. The lowest BCUT2D eigenvalue weighted by molar-refractivity contribution is -0.116. The van der Waals surface area contributed by atoms with E-state index in [2.05, 4.69) is 37.0 Å². The van der Waals surface area contributed by atoms with Gasteiger partial charge in [0.2, 0.25) is 11.9 Å². The molecular formula is C23H19N7O2. The number of nitrogens with zero attached hydrogens (tertiary/aromatic N) is 3. The molecule has 1 aliphatic heterocycles. The van der Waals surface area contributed by atoms with Crippen molar-refractivity contribution in [2.24, 2.45) is 0 Å². The number of fused-ring (bicyclic) bond motifs is 2. The zero-order valence-corrected chi connectivity index (χ0v) is 17.2. The number of hydrogen-bond acceptors (Lipinski definition) is 7. The van der Waals surface area contributed by atoms with Crippen molar-refractivity contribution in [1.82, 2.24) is 15.0 Å². The number of hydrogen-bond donors (Lipinski definition) is 4. The normalized spacial score (nSPS) is 12.6. The van der Waals surface area contributed by atoms with E-state index in [4.69, 9.17) is 4.74 Å². The molecule has 0 saturated heterocycles. The SMILES string of the molecule is COc1ccc(Nc2nc(Nc3ccc4c(c3)CCC(=O)N4)nc3[nH]cc(C#N)c23)cc1. The number of carbonyl (C=O) groups excluding carboxylic acids is 1. The van der Waals surface area contributed by atoms with Gasteiger partial charge in [-0.2, -0.15) is 15.2 Å². The zero-order chi connectivity index (χ0) is 22.1. The Kier molecular flexibility index (Phi) is 4.80. The number of rotatable bonds is 5. The maximum absolute atomic E-state index is 11.6. The summed E-state index contributed by atoms with van der Waals surface area (Å²) in [6.07, 6.45) is 2.77. The lowest BCUT2D eigenvalue weighted by Gasteiger charge is -2.18. The Morgan fingerprint density at radius 1 is 1.06 bits per heavy atom. The van der Waals surface area contributed by atoms with Gasteiger partial charge in [0.15, 0.2) is 0 Å². The van der Waals surface area contributed by atoms with Crippen LogP contribution < -0.4 is 20.7 Å². The van der Waals surface area contributed by atoms with E-state index in [0.29, 0.717) is 41.2 Å². The maximum atomic E-state index is 11.6. The number of ether oxygens (including phenoxy) is 1. The molecule has 0 aliphatic carbocycles. The number of carbonyl (C=O) groups is 1. The van der Waals surface area contributed by atoms with Crippen LogP contribution in [-0.4, -0.2) is 28.0 Å². The number of methoxy groups -OCH3 is 1. The van der Waals surface area contributed by atoms with Crippen LogP contribution >= 0.6 is 0 Å². The molecule has 9 heteroatoms. The van der Waals surface area contributed by atoms with Gasteiger partial charge in [0.05, 0.1) is 18.1 Å². The molecule has 0 spiro atoms. The van der Waals surface area contributed by atoms with Gasteiger partial charge in [0.25, 0.3) is 0 Å². The third-order valence-corrected chi connectivity index (χ3v) is 5.26. The Morgan fingerprint density at radius 2 is 1.88 bits per heavy atom. The molecule has 0 saturated carbocycles. The number of benzene rings is 2. The van der Waals surface area contributed by atoms with Crippen LogP contribution in [0, 0.1) is 11.3 Å². The van der Waals surface area contributed by atoms with Crippen molar-refractivity contribution >= 4 is 45.8 Å². The topological polar surface area (TPSA) is 128 Å². The highest BCUT2D eigenvalue weighted by atomic mass is 16.5. The molecule has 9 nitrogen and oxygen atoms in total. The van der Waals surface area contributed by atoms with Gasteiger partial charge < -0.3 is 25.7 Å². The van der Waals surface area contributed by atoms with Crippen molar-refractivity contribution in [3.8, 4) is 11.8 Å². The van der Waals surface area contributed by atoms with Gasteiger partial charge >= 0.3 is 0 Å². The lowest BCUT2D eigenvalue weighted by atomic mass is 10.0. The predicted octanol–water partition coefficient (Wildman–Crippen LogP) is 4.21. The molecule has 0 radical (unpaired) electrons. The van der Waals surface area contributed by atoms with Crippen LogP contribution in [0.3, 0.4) is 0 Å². The molecule has 32 heavy (non-hydrogen) atoms. The predicted molar refractivity (Wildman–Crippen MR) is 122 cm³/mol. The van der Waals surface area contributed by atoms with Crippen molar-refractivity contribution in [1.29, 1.82) is 5.26 Å². The second-order valence-electron chi connectivity index (χ2n) is 7.33. The van der Waals surface area contributed by atoms with Gasteiger partial charge in [0.1, 0.15) is 23.3 Å². The molecule has 0 unspecified atom stereocenters. The quantitative estimate of drug-likeness (QED) is 0.377. The van der Waals surface area contributed by atoms with Crippen molar-refractivity contribution in [2.45, 2.75) is 12.8 Å². The number of H-pyrrole nitrogens is 1. The van der Waals surface area contributed by atoms with E-state index < -0.39 is 0 Å². The van der Waals surface area contributed by atoms with E-state index in [-0.39, 0.29) is 5.91 Å². The monoisotopic (exact) mass is 425 g/mol. The summed E-state index contributed by atoms with van der Waals surface area (Å²) in [5.74, 6) is 1.65. The van der Waals surface area contributed by atoms with Gasteiger partial charge in [-0.05, 0) is 54.4 Å². The Balaban J connectivity index is 1.50. The molecule has 2 aromatic carbocycles. The van der Waals surface area contributed by atoms with Gasteiger partial charge in [-0.3, -0.25) is 4.79 Å². The van der Waals surface area contributed by atoms with Gasteiger partial charge in [-0.1, -0.05) is 0 Å². The largest absolute Gasteiger partial charge is 0.497 e. The van der Waals surface area contributed by atoms with Crippen molar-refractivity contribution in [2.75, 3.05) is 23.1 Å².